The Balaban J connectivity index is 1.41. The molecule has 0 saturated heterocycles. The summed E-state index contributed by atoms with van der Waals surface area (Å²) in [6.07, 6.45) is 1.95. The van der Waals surface area contributed by atoms with Gasteiger partial charge in [-0.3, -0.25) is 10.1 Å². The first-order valence-corrected chi connectivity index (χ1v) is 15.4. The molecule has 4 aromatic rings. The van der Waals surface area contributed by atoms with Crippen molar-refractivity contribution in [2.45, 2.75) is 42.0 Å². The maximum absolute atomic E-state index is 14.7. The zero-order valence-corrected chi connectivity index (χ0v) is 24.2. The molecule has 1 aromatic heterocycles. The number of carbonyl (C=O) groups is 2. The molecule has 222 valence electrons. The standard InChI is InChI=1S/C31H30FN5O5S/c1-37-17-20-14-21(6-10-27(20)43(40,41)23-7-8-23)36-31(39)42-12-11-18-3-2-4-19(13-18)28(30(37)38)35-22-5-9-24-25(15-22)26(32)16-34-29(24)33/h2-6,9-10,13-16,23,28,35H,7-8,11-12,17H2,1H3,(H2,33,34)(H,36,39). The van der Waals surface area contributed by atoms with Gasteiger partial charge in [0.05, 0.1) is 22.9 Å². The van der Waals surface area contributed by atoms with E-state index in [1.807, 2.05) is 12.1 Å². The van der Waals surface area contributed by atoms with Gasteiger partial charge >= 0.3 is 6.09 Å². The number of aromatic nitrogens is 1. The predicted molar refractivity (Wildman–Crippen MR) is 161 cm³/mol. The smallest absolute Gasteiger partial charge is 0.411 e. The van der Waals surface area contributed by atoms with Crippen LogP contribution in [0, 0.1) is 5.82 Å². The number of nitrogens with one attached hydrogen (secondary N) is 2. The molecule has 0 radical (unpaired) electrons. The number of benzene rings is 3. The van der Waals surface area contributed by atoms with Crippen molar-refractivity contribution < 1.29 is 27.1 Å². The Kier molecular flexibility index (Phi) is 7.38. The summed E-state index contributed by atoms with van der Waals surface area (Å²) < 4.78 is 46.6. The van der Waals surface area contributed by atoms with Gasteiger partial charge in [-0.05, 0) is 65.9 Å². The Hall–Kier alpha value is -4.71. The molecule has 1 unspecified atom stereocenters. The van der Waals surface area contributed by atoms with Crippen molar-refractivity contribution in [2.24, 2.45) is 0 Å². The second-order valence-electron chi connectivity index (χ2n) is 10.8. The summed E-state index contributed by atoms with van der Waals surface area (Å²) in [4.78, 5) is 32.1. The van der Waals surface area contributed by atoms with Gasteiger partial charge in [0, 0.05) is 42.2 Å². The van der Waals surface area contributed by atoms with Crippen molar-refractivity contribution in [3.05, 3.63) is 89.4 Å². The van der Waals surface area contributed by atoms with Crippen LogP contribution in [-0.2, 0) is 32.3 Å². The van der Waals surface area contributed by atoms with Gasteiger partial charge in [0.2, 0.25) is 5.91 Å². The third-order valence-corrected chi connectivity index (χ3v) is 10.1. The van der Waals surface area contributed by atoms with Crippen molar-refractivity contribution in [3.8, 4) is 0 Å². The third-order valence-electron chi connectivity index (χ3n) is 7.70. The van der Waals surface area contributed by atoms with E-state index in [-0.39, 0.29) is 35.2 Å². The van der Waals surface area contributed by atoms with Crippen molar-refractivity contribution in [1.82, 2.24) is 9.88 Å². The molecular formula is C31H30FN5O5S. The Morgan fingerprint density at radius 3 is 2.67 bits per heavy atom. The first kappa shape index (κ1) is 28.4. The van der Waals surface area contributed by atoms with E-state index in [1.165, 1.54) is 17.0 Å². The molecule has 4 N–H and O–H groups in total. The fourth-order valence-electron chi connectivity index (χ4n) is 5.29. The van der Waals surface area contributed by atoms with Crippen LogP contribution >= 0.6 is 0 Å². The van der Waals surface area contributed by atoms with Gasteiger partial charge in [-0.25, -0.2) is 22.6 Å². The molecule has 0 spiro atoms. The number of nitrogens with zero attached hydrogens (tertiary/aromatic N) is 2. The lowest BCUT2D eigenvalue weighted by atomic mass is 10.0. The van der Waals surface area contributed by atoms with Crippen molar-refractivity contribution in [1.29, 1.82) is 0 Å². The Labute approximate surface area is 248 Å². The predicted octanol–water partition coefficient (Wildman–Crippen LogP) is 4.81. The number of carbonyl (C=O) groups excluding carboxylic acids is 2. The van der Waals surface area contributed by atoms with Crippen LogP contribution in [0.15, 0.2) is 71.8 Å². The molecule has 1 fully saturated rings. The van der Waals surface area contributed by atoms with Crippen LogP contribution in [0.2, 0.25) is 0 Å². The van der Waals surface area contributed by atoms with E-state index in [9.17, 15) is 22.4 Å². The maximum atomic E-state index is 14.7. The molecule has 2 amide bonds. The van der Waals surface area contributed by atoms with Gasteiger partial charge in [-0.1, -0.05) is 24.3 Å². The summed E-state index contributed by atoms with van der Waals surface area (Å²) >= 11 is 0. The minimum atomic E-state index is -3.61. The number of pyridine rings is 1. The van der Waals surface area contributed by atoms with Crippen LogP contribution < -0.4 is 16.4 Å². The zero-order chi connectivity index (χ0) is 30.3. The summed E-state index contributed by atoms with van der Waals surface area (Å²) in [5.41, 5.74) is 8.61. The SMILES string of the molecule is CN1Cc2cc(ccc2S(=O)(=O)C2CC2)NC(=O)OCCc2cccc(c2)C(Nc2ccc3c(N)ncc(F)c3c2)C1=O. The average molecular weight is 604 g/mol. The van der Waals surface area contributed by atoms with E-state index < -0.39 is 33.0 Å². The van der Waals surface area contributed by atoms with Gasteiger partial charge in [0.15, 0.2) is 9.84 Å². The summed E-state index contributed by atoms with van der Waals surface area (Å²) in [6.45, 7) is 0.0404. The fraction of sp³-hybridized carbons (Fsp3) is 0.258. The Morgan fingerprint density at radius 1 is 1.07 bits per heavy atom. The fourth-order valence-corrected chi connectivity index (χ4v) is 7.15. The Morgan fingerprint density at radius 2 is 1.88 bits per heavy atom. The molecule has 1 aliphatic heterocycles. The van der Waals surface area contributed by atoms with Crippen LogP contribution in [0.25, 0.3) is 10.8 Å². The van der Waals surface area contributed by atoms with E-state index >= 15 is 0 Å². The molecular weight excluding hydrogens is 573 g/mol. The molecule has 12 heteroatoms. The van der Waals surface area contributed by atoms with Gasteiger partial charge in [0.1, 0.15) is 17.7 Å². The second-order valence-corrected chi connectivity index (χ2v) is 13.0. The summed E-state index contributed by atoms with van der Waals surface area (Å²) in [6, 6.07) is 15.9. The number of amides is 2. The molecule has 2 heterocycles. The molecule has 6 rings (SSSR count). The molecule has 4 bridgehead atoms. The summed E-state index contributed by atoms with van der Waals surface area (Å²) in [7, 11) is -2.02. The molecule has 10 nitrogen and oxygen atoms in total. The number of ether oxygens (including phenoxy) is 1. The number of cyclic esters (lactones) is 1. The van der Waals surface area contributed by atoms with Crippen molar-refractivity contribution >= 4 is 49.8 Å². The van der Waals surface area contributed by atoms with Crippen molar-refractivity contribution in [3.63, 3.8) is 0 Å². The average Bonchev–Trinajstić information content (AvgIpc) is 3.84. The van der Waals surface area contributed by atoms with Crippen molar-refractivity contribution in [2.75, 3.05) is 30.0 Å². The number of rotatable bonds is 4. The largest absolute Gasteiger partial charge is 0.449 e. The van der Waals surface area contributed by atoms with E-state index in [1.54, 1.807) is 43.4 Å². The van der Waals surface area contributed by atoms with Crippen LogP contribution in [0.5, 0.6) is 0 Å². The second kappa shape index (κ2) is 11.2. The number of anilines is 3. The normalized spacial score (nSPS) is 17.9. The highest BCUT2D eigenvalue weighted by Crippen LogP contribution is 2.36. The molecule has 1 saturated carbocycles. The maximum Gasteiger partial charge on any atom is 0.411 e. The van der Waals surface area contributed by atoms with E-state index in [0.29, 0.717) is 47.2 Å². The lowest BCUT2D eigenvalue weighted by Crippen LogP contribution is -2.35. The van der Waals surface area contributed by atoms with Gasteiger partial charge < -0.3 is 20.7 Å². The molecule has 3 aromatic carbocycles. The van der Waals surface area contributed by atoms with E-state index in [0.717, 1.165) is 11.8 Å². The highest BCUT2D eigenvalue weighted by molar-refractivity contribution is 7.92. The third kappa shape index (κ3) is 5.82. The minimum absolute atomic E-state index is 0.0445. The van der Waals surface area contributed by atoms with Crippen LogP contribution in [0.1, 0.15) is 35.6 Å². The topological polar surface area (TPSA) is 144 Å². The highest BCUT2D eigenvalue weighted by Gasteiger charge is 2.38. The van der Waals surface area contributed by atoms with Gasteiger partial charge in [-0.15, -0.1) is 0 Å². The molecule has 1 aliphatic carbocycles. The number of nitrogens with two attached hydrogens (primary N) is 1. The summed E-state index contributed by atoms with van der Waals surface area (Å²) in [5, 5.41) is 6.15. The van der Waals surface area contributed by atoms with Crippen LogP contribution in [0.3, 0.4) is 0 Å². The first-order valence-electron chi connectivity index (χ1n) is 13.8. The van der Waals surface area contributed by atoms with Crippen LogP contribution in [-0.4, -0.2) is 49.2 Å². The van der Waals surface area contributed by atoms with Crippen LogP contribution in [0.4, 0.5) is 26.4 Å². The number of nitrogen functional groups attached to an aromatic ring is 1. The number of hydrogen-bond acceptors (Lipinski definition) is 8. The quantitative estimate of drug-likeness (QED) is 0.302. The lowest BCUT2D eigenvalue weighted by molar-refractivity contribution is -0.131. The molecule has 1 atom stereocenters. The Bertz CT molecular complexity index is 1860. The van der Waals surface area contributed by atoms with Gasteiger partial charge in [0.25, 0.3) is 0 Å². The highest BCUT2D eigenvalue weighted by atomic mass is 32.2. The molecule has 2 aliphatic rings. The number of likely N-dealkylation sites (N-methyl/N-ethyl adjacent to an activating group) is 1. The molecule has 43 heavy (non-hydrogen) atoms. The van der Waals surface area contributed by atoms with Gasteiger partial charge in [-0.2, -0.15) is 0 Å². The number of sulfone groups is 1. The zero-order valence-electron chi connectivity index (χ0n) is 23.3. The minimum Gasteiger partial charge on any atom is -0.449 e. The first-order chi connectivity index (χ1) is 20.6. The lowest BCUT2D eigenvalue weighted by Gasteiger charge is -2.27. The number of hydrogen-bond donors (Lipinski definition) is 3. The number of fused-ring (bicyclic) bond motifs is 5. The van der Waals surface area contributed by atoms with E-state index in [4.69, 9.17) is 10.5 Å². The summed E-state index contributed by atoms with van der Waals surface area (Å²) in [5.74, 6) is -0.704. The monoisotopic (exact) mass is 603 g/mol. The van der Waals surface area contributed by atoms with E-state index in [2.05, 4.69) is 15.6 Å². The number of halogens is 1.